The molecular formula is C26H26N2O5. The van der Waals surface area contributed by atoms with Gasteiger partial charge >= 0.3 is 0 Å². The number of hydrogen-bond acceptors (Lipinski definition) is 5. The Morgan fingerprint density at radius 2 is 1.45 bits per heavy atom. The van der Waals surface area contributed by atoms with Crippen LogP contribution >= 0.6 is 0 Å². The molecule has 0 aromatic heterocycles. The molecule has 33 heavy (non-hydrogen) atoms. The maximum absolute atomic E-state index is 12.4. The molecule has 0 aliphatic rings. The van der Waals surface area contributed by atoms with Gasteiger partial charge in [0.25, 0.3) is 5.91 Å². The van der Waals surface area contributed by atoms with Crippen LogP contribution in [0.1, 0.15) is 40.5 Å². The molecule has 0 saturated heterocycles. The number of carbonyl (C=O) groups excluding carboxylic acids is 3. The first-order valence-electron chi connectivity index (χ1n) is 10.5. The number of nitrogens with one attached hydrogen (secondary N) is 2. The van der Waals surface area contributed by atoms with Gasteiger partial charge in [-0.05, 0) is 55.8 Å². The number of hydrogen-bond donors (Lipinski definition) is 2. The van der Waals surface area contributed by atoms with Crippen LogP contribution in [-0.2, 0) is 4.79 Å². The van der Waals surface area contributed by atoms with Crippen molar-refractivity contribution >= 4 is 29.0 Å². The van der Waals surface area contributed by atoms with Crippen LogP contribution < -0.4 is 20.1 Å². The minimum atomic E-state index is -0.254. The highest BCUT2D eigenvalue weighted by Crippen LogP contribution is 2.28. The highest BCUT2D eigenvalue weighted by atomic mass is 16.5. The van der Waals surface area contributed by atoms with E-state index in [4.69, 9.17) is 9.47 Å². The van der Waals surface area contributed by atoms with Crippen molar-refractivity contribution in [2.75, 3.05) is 24.4 Å². The van der Waals surface area contributed by atoms with Crippen molar-refractivity contribution < 1.29 is 23.9 Å². The van der Waals surface area contributed by atoms with Gasteiger partial charge in [-0.15, -0.1) is 0 Å². The zero-order chi connectivity index (χ0) is 23.6. The van der Waals surface area contributed by atoms with E-state index in [2.05, 4.69) is 10.6 Å². The molecule has 0 heterocycles. The van der Waals surface area contributed by atoms with E-state index < -0.39 is 0 Å². The van der Waals surface area contributed by atoms with Crippen molar-refractivity contribution in [1.82, 2.24) is 0 Å². The Bertz CT molecular complexity index is 1130. The highest BCUT2D eigenvalue weighted by Gasteiger charge is 2.12. The van der Waals surface area contributed by atoms with E-state index in [1.807, 2.05) is 6.07 Å². The number of Topliss-reactive ketones (excluding diaryl/α,β-unsaturated/α-hetero) is 1. The number of ketones is 1. The summed E-state index contributed by atoms with van der Waals surface area (Å²) in [4.78, 5) is 36.4. The second-order valence-corrected chi connectivity index (χ2v) is 7.29. The average molecular weight is 447 g/mol. The standard InChI is InChI=1S/C26H26N2O5/c1-18(29)20-14-15-23(24(17-20)32-2)33-16-8-13-25(30)27-21-11-6-7-12-22(21)28-26(31)19-9-4-3-5-10-19/h3-7,9-12,14-15,17H,8,13,16H2,1-2H3,(H,27,30)(H,28,31). The normalized spacial score (nSPS) is 10.2. The van der Waals surface area contributed by atoms with Crippen LogP contribution in [0.4, 0.5) is 11.4 Å². The zero-order valence-electron chi connectivity index (χ0n) is 18.6. The summed E-state index contributed by atoms with van der Waals surface area (Å²) >= 11 is 0. The number of benzene rings is 3. The summed E-state index contributed by atoms with van der Waals surface area (Å²) in [6, 6.07) is 20.9. The summed E-state index contributed by atoms with van der Waals surface area (Å²) in [6.45, 7) is 1.79. The van der Waals surface area contributed by atoms with E-state index in [-0.39, 0.29) is 24.0 Å². The van der Waals surface area contributed by atoms with Crippen molar-refractivity contribution in [3.8, 4) is 11.5 Å². The Morgan fingerprint density at radius 3 is 2.12 bits per heavy atom. The molecule has 0 aliphatic heterocycles. The number of amides is 2. The van der Waals surface area contributed by atoms with Gasteiger partial charge in [-0.1, -0.05) is 30.3 Å². The molecule has 2 N–H and O–H groups in total. The molecule has 0 bridgehead atoms. The van der Waals surface area contributed by atoms with Gasteiger partial charge in [0, 0.05) is 17.5 Å². The Balaban J connectivity index is 1.52. The van der Waals surface area contributed by atoms with Gasteiger partial charge in [0.1, 0.15) is 0 Å². The lowest BCUT2D eigenvalue weighted by molar-refractivity contribution is -0.116. The lowest BCUT2D eigenvalue weighted by Crippen LogP contribution is -2.17. The molecule has 0 fully saturated rings. The first-order chi connectivity index (χ1) is 16.0. The topological polar surface area (TPSA) is 93.7 Å². The van der Waals surface area contributed by atoms with Crippen LogP contribution in [0.25, 0.3) is 0 Å². The first kappa shape index (κ1) is 23.5. The van der Waals surface area contributed by atoms with Crippen LogP contribution in [-0.4, -0.2) is 31.3 Å². The summed E-state index contributed by atoms with van der Waals surface area (Å²) in [5.74, 6) is 0.471. The van der Waals surface area contributed by atoms with Gasteiger partial charge in [-0.3, -0.25) is 14.4 Å². The summed E-state index contributed by atoms with van der Waals surface area (Å²) in [7, 11) is 1.51. The molecule has 0 aliphatic carbocycles. The molecule has 2 amide bonds. The van der Waals surface area contributed by atoms with Crippen molar-refractivity contribution in [2.45, 2.75) is 19.8 Å². The Labute approximate surface area is 192 Å². The van der Waals surface area contributed by atoms with Crippen molar-refractivity contribution in [3.05, 3.63) is 83.9 Å². The summed E-state index contributed by atoms with van der Waals surface area (Å²) in [6.07, 6.45) is 0.705. The highest BCUT2D eigenvalue weighted by molar-refractivity contribution is 6.07. The molecule has 3 rings (SSSR count). The van der Waals surface area contributed by atoms with Crippen LogP contribution in [0.3, 0.4) is 0 Å². The predicted octanol–water partition coefficient (Wildman–Crippen LogP) is 4.95. The second kappa shape index (κ2) is 11.5. The quantitative estimate of drug-likeness (QED) is 0.340. The van der Waals surface area contributed by atoms with Gasteiger partial charge in [-0.25, -0.2) is 0 Å². The van der Waals surface area contributed by atoms with Crippen LogP contribution in [0, 0.1) is 0 Å². The number of ether oxygens (including phenoxy) is 2. The molecule has 0 radical (unpaired) electrons. The SMILES string of the molecule is COc1cc(C(C)=O)ccc1OCCCC(=O)Nc1ccccc1NC(=O)c1ccccc1. The van der Waals surface area contributed by atoms with Crippen molar-refractivity contribution in [3.63, 3.8) is 0 Å². The van der Waals surface area contributed by atoms with E-state index in [1.165, 1.54) is 14.0 Å². The molecule has 0 unspecified atom stereocenters. The molecule has 3 aromatic rings. The Hall–Kier alpha value is -4.13. The monoisotopic (exact) mass is 446 g/mol. The largest absolute Gasteiger partial charge is 0.493 e. The first-order valence-corrected chi connectivity index (χ1v) is 10.5. The summed E-state index contributed by atoms with van der Waals surface area (Å²) < 4.78 is 11.0. The van der Waals surface area contributed by atoms with Gasteiger partial charge < -0.3 is 20.1 Å². The maximum atomic E-state index is 12.4. The lowest BCUT2D eigenvalue weighted by Gasteiger charge is -2.13. The van der Waals surface area contributed by atoms with Gasteiger partial charge in [0.2, 0.25) is 5.91 Å². The van der Waals surface area contributed by atoms with Crippen molar-refractivity contribution in [2.24, 2.45) is 0 Å². The number of carbonyl (C=O) groups is 3. The number of para-hydroxylation sites is 2. The summed E-state index contributed by atoms with van der Waals surface area (Å²) in [5.41, 5.74) is 2.11. The molecule has 3 aromatic carbocycles. The summed E-state index contributed by atoms with van der Waals surface area (Å²) in [5, 5.41) is 5.67. The smallest absolute Gasteiger partial charge is 0.255 e. The number of rotatable bonds is 10. The molecule has 7 nitrogen and oxygen atoms in total. The second-order valence-electron chi connectivity index (χ2n) is 7.29. The molecular weight excluding hydrogens is 420 g/mol. The third-order valence-electron chi connectivity index (χ3n) is 4.86. The fraction of sp³-hybridized carbons (Fsp3) is 0.192. The van der Waals surface area contributed by atoms with E-state index in [1.54, 1.807) is 66.7 Å². The number of methoxy groups -OCH3 is 1. The predicted molar refractivity (Wildman–Crippen MR) is 127 cm³/mol. The third kappa shape index (κ3) is 6.67. The molecule has 7 heteroatoms. The minimum absolute atomic E-state index is 0.0586. The van der Waals surface area contributed by atoms with Gasteiger partial charge in [0.05, 0.1) is 25.1 Å². The van der Waals surface area contributed by atoms with Crippen LogP contribution in [0.15, 0.2) is 72.8 Å². The Morgan fingerprint density at radius 1 is 0.788 bits per heavy atom. The van der Waals surface area contributed by atoms with E-state index >= 15 is 0 Å². The number of anilines is 2. The maximum Gasteiger partial charge on any atom is 0.255 e. The third-order valence-corrected chi connectivity index (χ3v) is 4.86. The van der Waals surface area contributed by atoms with Crippen LogP contribution in [0.2, 0.25) is 0 Å². The van der Waals surface area contributed by atoms with Crippen LogP contribution in [0.5, 0.6) is 11.5 Å². The Kier molecular flexibility index (Phi) is 8.18. The molecule has 170 valence electrons. The van der Waals surface area contributed by atoms with Gasteiger partial charge in [0.15, 0.2) is 17.3 Å². The molecule has 0 atom stereocenters. The average Bonchev–Trinajstić information content (AvgIpc) is 2.83. The zero-order valence-corrected chi connectivity index (χ0v) is 18.6. The van der Waals surface area contributed by atoms with E-state index in [9.17, 15) is 14.4 Å². The molecule has 0 saturated carbocycles. The van der Waals surface area contributed by atoms with E-state index in [0.717, 1.165) is 0 Å². The van der Waals surface area contributed by atoms with Gasteiger partial charge in [-0.2, -0.15) is 0 Å². The minimum Gasteiger partial charge on any atom is -0.493 e. The van der Waals surface area contributed by atoms with E-state index in [0.29, 0.717) is 47.0 Å². The fourth-order valence-electron chi connectivity index (χ4n) is 3.12. The molecule has 0 spiro atoms. The fourth-order valence-corrected chi connectivity index (χ4v) is 3.12. The van der Waals surface area contributed by atoms with Crippen molar-refractivity contribution in [1.29, 1.82) is 0 Å². The lowest BCUT2D eigenvalue weighted by atomic mass is 10.1.